The number of likely N-dealkylation sites (tertiary alicyclic amines) is 1. The molecule has 2 amide bonds. The van der Waals surface area contributed by atoms with E-state index in [0.29, 0.717) is 25.8 Å². The molecule has 1 aliphatic heterocycles. The zero-order chi connectivity index (χ0) is 15.6. The largest absolute Gasteiger partial charge is 0.444 e. The van der Waals surface area contributed by atoms with Crippen molar-refractivity contribution in [3.63, 3.8) is 0 Å². The lowest BCUT2D eigenvalue weighted by Gasteiger charge is -2.28. The highest BCUT2D eigenvalue weighted by Gasteiger charge is 2.38. The normalized spacial score (nSPS) is 26.0. The van der Waals surface area contributed by atoms with E-state index in [1.54, 1.807) is 20.8 Å². The number of nitrogens with one attached hydrogen (secondary N) is 1. The van der Waals surface area contributed by atoms with Gasteiger partial charge in [-0.25, -0.2) is 4.79 Å². The molecule has 118 valence electrons. The van der Waals surface area contributed by atoms with E-state index in [0.717, 1.165) is 12.8 Å². The number of Topliss-reactive ketones (excluding diaryl/α,β-unsaturated/α-hetero) is 1. The van der Waals surface area contributed by atoms with Gasteiger partial charge in [-0.1, -0.05) is 0 Å². The Morgan fingerprint density at radius 3 is 2.52 bits per heavy atom. The van der Waals surface area contributed by atoms with Gasteiger partial charge in [0.2, 0.25) is 5.91 Å². The number of rotatable bonds is 2. The minimum absolute atomic E-state index is 0.0881. The van der Waals surface area contributed by atoms with Gasteiger partial charge >= 0.3 is 6.09 Å². The Bertz CT molecular complexity index is 441. The zero-order valence-electron chi connectivity index (χ0n) is 13.0. The van der Waals surface area contributed by atoms with Gasteiger partial charge in [0.15, 0.2) is 5.78 Å². The van der Waals surface area contributed by atoms with Gasteiger partial charge < -0.3 is 10.1 Å². The third-order valence-electron chi connectivity index (χ3n) is 3.80. The van der Waals surface area contributed by atoms with Crippen LogP contribution in [-0.4, -0.2) is 46.9 Å². The summed E-state index contributed by atoms with van der Waals surface area (Å²) in [6, 6.07) is -0.896. The Labute approximate surface area is 125 Å². The molecule has 0 bridgehead atoms. The summed E-state index contributed by atoms with van der Waals surface area (Å²) < 4.78 is 5.33. The van der Waals surface area contributed by atoms with Crippen LogP contribution in [0.25, 0.3) is 0 Å². The molecule has 1 saturated heterocycles. The molecular formula is C15H24N2O4. The van der Waals surface area contributed by atoms with Crippen molar-refractivity contribution in [1.82, 2.24) is 10.2 Å². The average Bonchev–Trinajstić information content (AvgIpc) is 2.96. The van der Waals surface area contributed by atoms with Gasteiger partial charge in [0.05, 0.1) is 6.04 Å². The van der Waals surface area contributed by atoms with E-state index in [1.165, 1.54) is 4.90 Å². The third kappa shape index (κ3) is 3.95. The summed E-state index contributed by atoms with van der Waals surface area (Å²) in [6.45, 7) is 5.92. The van der Waals surface area contributed by atoms with Crippen LogP contribution in [0.2, 0.25) is 0 Å². The molecule has 2 atom stereocenters. The smallest absolute Gasteiger partial charge is 0.410 e. The summed E-state index contributed by atoms with van der Waals surface area (Å²) in [6.07, 6.45) is 2.99. The summed E-state index contributed by atoms with van der Waals surface area (Å²) in [5, 5.41) is 2.78. The number of amides is 2. The molecule has 21 heavy (non-hydrogen) atoms. The first-order valence-electron chi connectivity index (χ1n) is 7.60. The minimum Gasteiger partial charge on any atom is -0.444 e. The number of hydrogen-bond donors (Lipinski definition) is 1. The fourth-order valence-corrected chi connectivity index (χ4v) is 2.81. The van der Waals surface area contributed by atoms with Crippen molar-refractivity contribution in [2.45, 2.75) is 70.6 Å². The molecule has 0 aromatic rings. The monoisotopic (exact) mass is 296 g/mol. The topological polar surface area (TPSA) is 75.7 Å². The van der Waals surface area contributed by atoms with Crippen LogP contribution in [0, 0.1) is 0 Å². The Morgan fingerprint density at radius 1 is 1.24 bits per heavy atom. The number of hydrogen-bond acceptors (Lipinski definition) is 4. The summed E-state index contributed by atoms with van der Waals surface area (Å²) >= 11 is 0. The summed E-state index contributed by atoms with van der Waals surface area (Å²) in [4.78, 5) is 37.5. The quantitative estimate of drug-likeness (QED) is 0.840. The lowest BCUT2D eigenvalue weighted by molar-refractivity contribution is -0.129. The first-order chi connectivity index (χ1) is 9.78. The minimum atomic E-state index is -0.581. The molecule has 0 unspecified atom stereocenters. The lowest BCUT2D eigenvalue weighted by atomic mass is 10.1. The van der Waals surface area contributed by atoms with Crippen molar-refractivity contribution in [3.8, 4) is 0 Å². The van der Waals surface area contributed by atoms with Crippen LogP contribution in [0.15, 0.2) is 0 Å². The maximum absolute atomic E-state index is 12.3. The van der Waals surface area contributed by atoms with E-state index < -0.39 is 17.7 Å². The molecule has 2 rings (SSSR count). The number of nitrogens with zero attached hydrogens (tertiary/aromatic N) is 1. The van der Waals surface area contributed by atoms with Gasteiger partial charge in [0.25, 0.3) is 0 Å². The van der Waals surface area contributed by atoms with Crippen LogP contribution in [0.3, 0.4) is 0 Å². The van der Waals surface area contributed by atoms with Crippen LogP contribution in [0.1, 0.15) is 52.9 Å². The molecule has 2 fully saturated rings. The van der Waals surface area contributed by atoms with E-state index in [2.05, 4.69) is 5.32 Å². The second kappa shape index (κ2) is 6.03. The van der Waals surface area contributed by atoms with Gasteiger partial charge in [0.1, 0.15) is 11.6 Å². The van der Waals surface area contributed by atoms with Crippen molar-refractivity contribution >= 4 is 17.8 Å². The van der Waals surface area contributed by atoms with Gasteiger partial charge in [-0.05, 0) is 46.5 Å². The van der Waals surface area contributed by atoms with Crippen molar-refractivity contribution in [3.05, 3.63) is 0 Å². The zero-order valence-corrected chi connectivity index (χ0v) is 13.0. The molecule has 1 N–H and O–H groups in total. The number of carbonyl (C=O) groups is 3. The van der Waals surface area contributed by atoms with Gasteiger partial charge in [-0.15, -0.1) is 0 Å². The molecule has 6 nitrogen and oxygen atoms in total. The Balaban J connectivity index is 1.96. The predicted octanol–water partition coefficient (Wildman–Crippen LogP) is 1.62. The van der Waals surface area contributed by atoms with Crippen LogP contribution in [0.5, 0.6) is 0 Å². The van der Waals surface area contributed by atoms with E-state index in [1.807, 2.05) is 0 Å². The standard InChI is InChI=1S/C15H24N2O4/c1-15(2,3)21-14(20)17-9-5-7-11(17)13(19)16-10-6-4-8-12(10)18/h10-11H,4-9H2,1-3H3,(H,16,19)/t10-,11+/m1/s1. The van der Waals surface area contributed by atoms with Gasteiger partial charge in [0, 0.05) is 13.0 Å². The number of carbonyl (C=O) groups excluding carboxylic acids is 3. The molecule has 0 radical (unpaired) electrons. The molecule has 1 saturated carbocycles. The van der Waals surface area contributed by atoms with E-state index in [9.17, 15) is 14.4 Å². The second-order valence-electron chi connectivity index (χ2n) is 6.75. The molecule has 1 heterocycles. The highest BCUT2D eigenvalue weighted by atomic mass is 16.6. The maximum Gasteiger partial charge on any atom is 0.410 e. The summed E-state index contributed by atoms with van der Waals surface area (Å²) in [5.74, 6) is -0.149. The van der Waals surface area contributed by atoms with Crippen molar-refractivity contribution in [2.75, 3.05) is 6.54 Å². The van der Waals surface area contributed by atoms with Crippen LogP contribution < -0.4 is 5.32 Å². The fraction of sp³-hybridized carbons (Fsp3) is 0.800. The molecule has 0 aromatic heterocycles. The van der Waals surface area contributed by atoms with E-state index >= 15 is 0 Å². The fourth-order valence-electron chi connectivity index (χ4n) is 2.81. The molecule has 2 aliphatic rings. The third-order valence-corrected chi connectivity index (χ3v) is 3.80. The Kier molecular flexibility index (Phi) is 4.54. The molecular weight excluding hydrogens is 272 g/mol. The van der Waals surface area contributed by atoms with Gasteiger partial charge in [-0.2, -0.15) is 0 Å². The molecule has 0 spiro atoms. The van der Waals surface area contributed by atoms with Crippen molar-refractivity contribution < 1.29 is 19.1 Å². The van der Waals surface area contributed by atoms with Gasteiger partial charge in [-0.3, -0.25) is 14.5 Å². The number of ketones is 1. The molecule has 6 heteroatoms. The summed E-state index contributed by atoms with van der Waals surface area (Å²) in [5.41, 5.74) is -0.581. The predicted molar refractivity (Wildman–Crippen MR) is 76.8 cm³/mol. The lowest BCUT2D eigenvalue weighted by Crippen LogP contribution is -2.50. The van der Waals surface area contributed by atoms with Crippen molar-refractivity contribution in [1.29, 1.82) is 0 Å². The number of ether oxygens (including phenoxy) is 1. The Morgan fingerprint density at radius 2 is 1.95 bits per heavy atom. The van der Waals surface area contributed by atoms with E-state index in [4.69, 9.17) is 4.74 Å². The van der Waals surface area contributed by atoms with Crippen molar-refractivity contribution in [2.24, 2.45) is 0 Å². The Hall–Kier alpha value is -1.59. The highest BCUT2D eigenvalue weighted by molar-refractivity contribution is 5.93. The van der Waals surface area contributed by atoms with Crippen LogP contribution in [0.4, 0.5) is 4.79 Å². The molecule has 1 aliphatic carbocycles. The summed E-state index contributed by atoms with van der Waals surface area (Å²) in [7, 11) is 0. The molecule has 0 aromatic carbocycles. The SMILES string of the molecule is CC(C)(C)OC(=O)N1CCC[C@H]1C(=O)N[C@@H]1CCCC1=O. The average molecular weight is 296 g/mol. The highest BCUT2D eigenvalue weighted by Crippen LogP contribution is 2.22. The van der Waals surface area contributed by atoms with Crippen LogP contribution in [-0.2, 0) is 14.3 Å². The van der Waals surface area contributed by atoms with E-state index in [-0.39, 0.29) is 17.7 Å². The first-order valence-corrected chi connectivity index (χ1v) is 7.60. The maximum atomic E-state index is 12.3. The van der Waals surface area contributed by atoms with Crippen LogP contribution >= 0.6 is 0 Å². The first kappa shape index (κ1) is 15.8. The second-order valence-corrected chi connectivity index (χ2v) is 6.75.